The fourth-order valence-corrected chi connectivity index (χ4v) is 2.44. The summed E-state index contributed by atoms with van der Waals surface area (Å²) < 4.78 is 7.45. The van der Waals surface area contributed by atoms with Gasteiger partial charge in [0.25, 0.3) is 0 Å². The van der Waals surface area contributed by atoms with Gasteiger partial charge in [-0.05, 0) is 17.7 Å². The van der Waals surface area contributed by atoms with Crippen LogP contribution in [0.4, 0.5) is 0 Å². The first-order chi connectivity index (χ1) is 12.4. The van der Waals surface area contributed by atoms with Gasteiger partial charge in [0.2, 0.25) is 0 Å². The molecule has 8 nitrogen and oxygen atoms in total. The number of rotatable bonds is 7. The first-order valence-electron chi connectivity index (χ1n) is 7.78. The molecule has 0 aliphatic carbocycles. The van der Waals surface area contributed by atoms with Crippen LogP contribution < -0.4 is 17.1 Å². The van der Waals surface area contributed by atoms with Crippen molar-refractivity contribution in [3.05, 3.63) is 92.2 Å². The minimum atomic E-state index is -0.725. The minimum absolute atomic E-state index is 0.0175. The van der Waals surface area contributed by atoms with E-state index in [4.69, 9.17) is 0 Å². The molecule has 0 saturated carbocycles. The Morgan fingerprint density at radius 2 is 1.38 bits per heavy atom. The topological polar surface area (TPSA) is 92.3 Å². The summed E-state index contributed by atoms with van der Waals surface area (Å²) in [6, 6.07) is 6.29. The van der Waals surface area contributed by atoms with Crippen LogP contribution in [0.5, 0.6) is 0 Å². The Morgan fingerprint density at radius 1 is 0.923 bits per heavy atom. The summed E-state index contributed by atoms with van der Waals surface area (Å²) in [5.41, 5.74) is -1.19. The predicted octanol–water partition coefficient (Wildman–Crippen LogP) is 0.379. The largest absolute Gasteiger partial charge is 0.465 e. The van der Waals surface area contributed by atoms with Gasteiger partial charge >= 0.3 is 23.0 Å². The van der Waals surface area contributed by atoms with E-state index in [2.05, 4.69) is 17.9 Å². The molecule has 2 rings (SSSR count). The molecule has 0 spiro atoms. The normalized spacial score (nSPS) is 10.3. The number of benzene rings is 1. The first-order valence-corrected chi connectivity index (χ1v) is 7.78. The Morgan fingerprint density at radius 3 is 1.81 bits per heavy atom. The number of carbonyl (C=O) groups excluding carboxylic acids is 1. The van der Waals surface area contributed by atoms with E-state index in [0.717, 1.165) is 13.7 Å². The molecule has 0 aliphatic heterocycles. The Hall–Kier alpha value is -3.42. The van der Waals surface area contributed by atoms with E-state index in [-0.39, 0.29) is 19.6 Å². The maximum absolute atomic E-state index is 12.5. The lowest BCUT2D eigenvalue weighted by Crippen LogP contribution is -2.54. The second-order valence-electron chi connectivity index (χ2n) is 5.42. The monoisotopic (exact) mass is 357 g/mol. The summed E-state index contributed by atoms with van der Waals surface area (Å²) >= 11 is 0. The minimum Gasteiger partial charge on any atom is -0.465 e. The van der Waals surface area contributed by atoms with Gasteiger partial charge in [0.15, 0.2) is 0 Å². The van der Waals surface area contributed by atoms with E-state index in [1.807, 2.05) is 0 Å². The van der Waals surface area contributed by atoms with Crippen LogP contribution in [-0.2, 0) is 24.4 Å². The maximum atomic E-state index is 12.5. The average Bonchev–Trinajstić information content (AvgIpc) is 2.65. The maximum Gasteiger partial charge on any atom is 0.337 e. The third-order valence-electron chi connectivity index (χ3n) is 3.72. The Bertz CT molecular complexity index is 961. The van der Waals surface area contributed by atoms with Gasteiger partial charge in [-0.2, -0.15) is 0 Å². The van der Waals surface area contributed by atoms with E-state index in [0.29, 0.717) is 11.1 Å². The SMILES string of the molecule is C=CCn1c(=O)n(CC=C)c(=O)n(Cc2ccc(C(=O)OC)cc2)c1=O. The number of hydrogen-bond donors (Lipinski definition) is 0. The zero-order chi connectivity index (χ0) is 19.3. The van der Waals surface area contributed by atoms with Crippen LogP contribution in [0.1, 0.15) is 15.9 Å². The summed E-state index contributed by atoms with van der Waals surface area (Å²) in [6.07, 6.45) is 2.81. The van der Waals surface area contributed by atoms with Gasteiger partial charge in [0.05, 0.1) is 32.3 Å². The third-order valence-corrected chi connectivity index (χ3v) is 3.72. The van der Waals surface area contributed by atoms with Crippen LogP contribution in [-0.4, -0.2) is 26.8 Å². The van der Waals surface area contributed by atoms with Crippen LogP contribution in [0, 0.1) is 0 Å². The van der Waals surface area contributed by atoms with Crippen molar-refractivity contribution < 1.29 is 9.53 Å². The molecular formula is C18H19N3O5. The third kappa shape index (κ3) is 3.64. The molecule has 26 heavy (non-hydrogen) atoms. The highest BCUT2D eigenvalue weighted by atomic mass is 16.5. The Balaban J connectivity index is 2.55. The number of carbonyl (C=O) groups is 1. The zero-order valence-corrected chi connectivity index (χ0v) is 14.4. The molecular weight excluding hydrogens is 338 g/mol. The van der Waals surface area contributed by atoms with Gasteiger partial charge < -0.3 is 4.74 Å². The molecule has 8 heteroatoms. The molecule has 0 amide bonds. The number of ether oxygens (including phenoxy) is 1. The van der Waals surface area contributed by atoms with Gasteiger partial charge in [-0.3, -0.25) is 0 Å². The molecule has 0 N–H and O–H groups in total. The fourth-order valence-electron chi connectivity index (χ4n) is 2.44. The van der Waals surface area contributed by atoms with Crippen molar-refractivity contribution in [1.29, 1.82) is 0 Å². The average molecular weight is 357 g/mol. The zero-order valence-electron chi connectivity index (χ0n) is 14.4. The lowest BCUT2D eigenvalue weighted by Gasteiger charge is -2.12. The van der Waals surface area contributed by atoms with Gasteiger partial charge in [-0.15, -0.1) is 13.2 Å². The first kappa shape index (κ1) is 18.9. The van der Waals surface area contributed by atoms with Gasteiger partial charge in [0.1, 0.15) is 0 Å². The lowest BCUT2D eigenvalue weighted by atomic mass is 10.1. The number of esters is 1. The molecule has 0 unspecified atom stereocenters. The highest BCUT2D eigenvalue weighted by molar-refractivity contribution is 5.89. The van der Waals surface area contributed by atoms with Crippen LogP contribution in [0.25, 0.3) is 0 Å². The highest BCUT2D eigenvalue weighted by Crippen LogP contribution is 2.06. The quantitative estimate of drug-likeness (QED) is 0.528. The van der Waals surface area contributed by atoms with Gasteiger partial charge in [-0.25, -0.2) is 32.9 Å². The van der Waals surface area contributed by atoms with E-state index >= 15 is 0 Å². The van der Waals surface area contributed by atoms with Crippen molar-refractivity contribution in [1.82, 2.24) is 13.7 Å². The lowest BCUT2D eigenvalue weighted by molar-refractivity contribution is 0.0600. The second kappa shape index (κ2) is 8.11. The van der Waals surface area contributed by atoms with E-state index in [9.17, 15) is 19.2 Å². The van der Waals surface area contributed by atoms with E-state index in [1.54, 1.807) is 12.1 Å². The molecule has 2 aromatic rings. The molecule has 0 fully saturated rings. The smallest absolute Gasteiger partial charge is 0.337 e. The van der Waals surface area contributed by atoms with Crippen LogP contribution >= 0.6 is 0 Å². The van der Waals surface area contributed by atoms with E-state index in [1.165, 1.54) is 31.4 Å². The number of nitrogens with zero attached hydrogens (tertiary/aromatic N) is 3. The molecule has 1 aromatic heterocycles. The van der Waals surface area contributed by atoms with Gasteiger partial charge in [0, 0.05) is 0 Å². The summed E-state index contributed by atoms with van der Waals surface area (Å²) in [5, 5.41) is 0. The molecule has 0 bridgehead atoms. The Kier molecular flexibility index (Phi) is 5.90. The van der Waals surface area contributed by atoms with Crippen LogP contribution in [0.15, 0.2) is 64.0 Å². The summed E-state index contributed by atoms with van der Waals surface area (Å²) in [7, 11) is 1.28. The van der Waals surface area contributed by atoms with Crippen molar-refractivity contribution in [3.63, 3.8) is 0 Å². The second-order valence-corrected chi connectivity index (χ2v) is 5.42. The Labute approximate surface area is 148 Å². The predicted molar refractivity (Wildman–Crippen MR) is 96.5 cm³/mol. The summed E-state index contributed by atoms with van der Waals surface area (Å²) in [6.45, 7) is 6.97. The van der Waals surface area contributed by atoms with Gasteiger partial charge in [-0.1, -0.05) is 24.3 Å². The number of methoxy groups -OCH3 is 1. The van der Waals surface area contributed by atoms with Crippen molar-refractivity contribution >= 4 is 5.97 Å². The number of hydrogen-bond acceptors (Lipinski definition) is 5. The van der Waals surface area contributed by atoms with E-state index < -0.39 is 23.0 Å². The van der Waals surface area contributed by atoms with Crippen molar-refractivity contribution in [2.24, 2.45) is 0 Å². The molecule has 0 aliphatic rings. The fraction of sp³-hybridized carbons (Fsp3) is 0.222. The van der Waals surface area contributed by atoms with Crippen LogP contribution in [0.2, 0.25) is 0 Å². The molecule has 0 atom stereocenters. The molecule has 0 saturated heterocycles. The van der Waals surface area contributed by atoms with Crippen molar-refractivity contribution in [2.45, 2.75) is 19.6 Å². The standard InChI is InChI=1S/C18H19N3O5/c1-4-10-19-16(23)20(11-5-2)18(25)21(17(19)24)12-13-6-8-14(9-7-13)15(22)26-3/h4-9H,1-2,10-12H2,3H3. The molecule has 1 heterocycles. The summed E-state index contributed by atoms with van der Waals surface area (Å²) in [4.78, 5) is 48.9. The summed E-state index contributed by atoms with van der Waals surface area (Å²) in [5.74, 6) is -0.485. The van der Waals surface area contributed by atoms with Crippen molar-refractivity contribution in [2.75, 3.05) is 7.11 Å². The number of aromatic nitrogens is 3. The van der Waals surface area contributed by atoms with Crippen LogP contribution in [0.3, 0.4) is 0 Å². The highest BCUT2D eigenvalue weighted by Gasteiger charge is 2.14. The van der Waals surface area contributed by atoms with Crippen molar-refractivity contribution in [3.8, 4) is 0 Å². The molecule has 1 aromatic carbocycles. The number of allylic oxidation sites excluding steroid dienone is 2. The molecule has 136 valence electrons. The molecule has 0 radical (unpaired) electrons.